The molecule has 0 aliphatic heterocycles. The highest BCUT2D eigenvalue weighted by Crippen LogP contribution is 2.32. The summed E-state index contributed by atoms with van der Waals surface area (Å²) >= 11 is 7.82. The Bertz CT molecular complexity index is 719. The van der Waals surface area contributed by atoms with Gasteiger partial charge in [0, 0.05) is 5.56 Å². The standard InChI is InChI=1S/C12H6Br2FNO4S/c13-11-4-7(12(14)21-11)9(17)5-20-10-2-1-6(15)3-8(10)16(18)19/h1-4H,5H2. The van der Waals surface area contributed by atoms with E-state index in [4.69, 9.17) is 4.74 Å². The smallest absolute Gasteiger partial charge is 0.313 e. The number of carbonyl (C=O) groups excluding carboxylic acids is 1. The highest BCUT2D eigenvalue weighted by atomic mass is 79.9. The van der Waals surface area contributed by atoms with E-state index in [0.717, 1.165) is 22.0 Å². The van der Waals surface area contributed by atoms with Gasteiger partial charge in [-0.2, -0.15) is 0 Å². The highest BCUT2D eigenvalue weighted by Gasteiger charge is 2.19. The van der Waals surface area contributed by atoms with Crippen molar-refractivity contribution in [3.05, 3.63) is 53.3 Å². The van der Waals surface area contributed by atoms with Crippen molar-refractivity contribution in [3.63, 3.8) is 0 Å². The Hall–Kier alpha value is -1.32. The minimum atomic E-state index is -0.764. The summed E-state index contributed by atoms with van der Waals surface area (Å²) < 4.78 is 19.5. The lowest BCUT2D eigenvalue weighted by atomic mass is 10.2. The van der Waals surface area contributed by atoms with Gasteiger partial charge in [0.05, 0.1) is 18.6 Å². The Kier molecular flexibility index (Phi) is 5.07. The molecular weight excluding hydrogens is 433 g/mol. The van der Waals surface area contributed by atoms with Crippen LogP contribution in [-0.4, -0.2) is 17.3 Å². The zero-order valence-electron chi connectivity index (χ0n) is 10.1. The van der Waals surface area contributed by atoms with Crippen molar-refractivity contribution in [2.45, 2.75) is 0 Å². The summed E-state index contributed by atoms with van der Waals surface area (Å²) in [5.41, 5.74) is -0.106. The molecule has 0 radical (unpaired) electrons. The first kappa shape index (κ1) is 16.1. The van der Waals surface area contributed by atoms with Gasteiger partial charge in [-0.25, -0.2) is 4.39 Å². The number of carbonyl (C=O) groups is 1. The van der Waals surface area contributed by atoms with E-state index in [-0.39, 0.29) is 18.1 Å². The number of hydrogen-bond donors (Lipinski definition) is 0. The Morgan fingerprint density at radius 3 is 2.67 bits per heavy atom. The first-order valence-corrected chi connectivity index (χ1v) is 7.83. The first-order chi connectivity index (χ1) is 9.88. The van der Waals surface area contributed by atoms with Gasteiger partial charge in [-0.1, -0.05) is 0 Å². The van der Waals surface area contributed by atoms with Gasteiger partial charge >= 0.3 is 5.69 Å². The van der Waals surface area contributed by atoms with E-state index < -0.39 is 16.4 Å². The number of nitro groups is 1. The number of nitrogens with zero attached hydrogens (tertiary/aromatic N) is 1. The maximum atomic E-state index is 13.0. The maximum Gasteiger partial charge on any atom is 0.313 e. The second-order valence-corrected chi connectivity index (χ2v) is 7.57. The molecule has 110 valence electrons. The average Bonchev–Trinajstić information content (AvgIpc) is 2.75. The van der Waals surface area contributed by atoms with Crippen LogP contribution in [0.15, 0.2) is 31.8 Å². The highest BCUT2D eigenvalue weighted by molar-refractivity contribution is 9.12. The molecule has 21 heavy (non-hydrogen) atoms. The third kappa shape index (κ3) is 3.86. The quantitative estimate of drug-likeness (QED) is 0.389. The number of halogens is 3. The molecule has 1 heterocycles. The van der Waals surface area contributed by atoms with Crippen LogP contribution in [0.2, 0.25) is 0 Å². The summed E-state index contributed by atoms with van der Waals surface area (Å²) in [4.78, 5) is 22.0. The van der Waals surface area contributed by atoms with Crippen molar-refractivity contribution in [3.8, 4) is 5.75 Å². The number of benzene rings is 1. The number of nitro benzene ring substituents is 1. The summed E-state index contributed by atoms with van der Waals surface area (Å²) in [5, 5.41) is 10.8. The first-order valence-electron chi connectivity index (χ1n) is 5.43. The second kappa shape index (κ2) is 6.63. The molecule has 0 fully saturated rings. The number of Topliss-reactive ketones (excluding diaryl/α,β-unsaturated/α-hetero) is 1. The number of ether oxygens (including phenoxy) is 1. The SMILES string of the molecule is O=C(COc1ccc(F)cc1[N+](=O)[O-])c1cc(Br)sc1Br. The van der Waals surface area contributed by atoms with Gasteiger partial charge in [0.1, 0.15) is 5.82 Å². The molecule has 1 aromatic heterocycles. The zero-order valence-corrected chi connectivity index (χ0v) is 14.1. The molecule has 2 rings (SSSR count). The van der Waals surface area contributed by atoms with Gasteiger partial charge in [-0.15, -0.1) is 11.3 Å². The van der Waals surface area contributed by atoms with E-state index in [1.54, 1.807) is 6.07 Å². The molecule has 9 heteroatoms. The van der Waals surface area contributed by atoms with E-state index >= 15 is 0 Å². The van der Waals surface area contributed by atoms with Gasteiger partial charge in [0.25, 0.3) is 0 Å². The molecule has 2 aromatic rings. The largest absolute Gasteiger partial charge is 0.478 e. The topological polar surface area (TPSA) is 69.4 Å². The summed E-state index contributed by atoms with van der Waals surface area (Å²) in [6.45, 7) is -0.381. The average molecular weight is 439 g/mol. The summed E-state index contributed by atoms with van der Waals surface area (Å²) in [6, 6.07) is 4.53. The molecule has 0 aliphatic rings. The minimum Gasteiger partial charge on any atom is -0.478 e. The van der Waals surface area contributed by atoms with Crippen LogP contribution in [0, 0.1) is 15.9 Å². The van der Waals surface area contributed by atoms with Gasteiger partial charge in [-0.05, 0) is 50.1 Å². The van der Waals surface area contributed by atoms with Crippen molar-refractivity contribution in [1.82, 2.24) is 0 Å². The van der Waals surface area contributed by atoms with Crippen LogP contribution in [0.25, 0.3) is 0 Å². The third-order valence-corrected chi connectivity index (χ3v) is 4.77. The van der Waals surface area contributed by atoms with Crippen molar-refractivity contribution in [1.29, 1.82) is 0 Å². The molecule has 0 aliphatic carbocycles. The lowest BCUT2D eigenvalue weighted by Gasteiger charge is -2.05. The van der Waals surface area contributed by atoms with E-state index in [2.05, 4.69) is 31.9 Å². The number of hydrogen-bond acceptors (Lipinski definition) is 5. The fourth-order valence-corrected chi connectivity index (χ4v) is 4.36. The van der Waals surface area contributed by atoms with Crippen LogP contribution in [-0.2, 0) is 0 Å². The predicted octanol–water partition coefficient (Wildman–Crippen LogP) is 4.58. The van der Waals surface area contributed by atoms with Crippen molar-refractivity contribution in [2.75, 3.05) is 6.61 Å². The number of ketones is 1. The summed E-state index contributed by atoms with van der Waals surface area (Å²) in [6.07, 6.45) is 0. The van der Waals surface area contributed by atoms with E-state index in [0.29, 0.717) is 9.35 Å². The van der Waals surface area contributed by atoms with Gasteiger partial charge in [0.2, 0.25) is 5.78 Å². The van der Waals surface area contributed by atoms with Crippen molar-refractivity contribution >= 4 is 54.7 Å². The Morgan fingerprint density at radius 2 is 2.10 bits per heavy atom. The van der Waals surface area contributed by atoms with Crippen LogP contribution in [0.5, 0.6) is 5.75 Å². The molecule has 5 nitrogen and oxygen atoms in total. The minimum absolute atomic E-state index is 0.153. The van der Waals surface area contributed by atoms with Gasteiger partial charge < -0.3 is 4.74 Å². The molecule has 0 saturated carbocycles. The van der Waals surface area contributed by atoms with Crippen LogP contribution in [0.1, 0.15) is 10.4 Å². The summed E-state index contributed by atoms with van der Waals surface area (Å²) in [7, 11) is 0. The molecule has 0 amide bonds. The predicted molar refractivity (Wildman–Crippen MR) is 82.6 cm³/mol. The lowest BCUT2D eigenvalue weighted by Crippen LogP contribution is -2.12. The van der Waals surface area contributed by atoms with Crippen LogP contribution < -0.4 is 4.74 Å². The van der Waals surface area contributed by atoms with E-state index in [9.17, 15) is 19.3 Å². The third-order valence-electron chi connectivity index (χ3n) is 2.43. The molecule has 0 atom stereocenters. The molecule has 0 spiro atoms. The molecular formula is C12H6Br2FNO4S. The number of rotatable bonds is 5. The molecule has 1 aromatic carbocycles. The van der Waals surface area contributed by atoms with E-state index in [1.165, 1.54) is 11.3 Å². The monoisotopic (exact) mass is 437 g/mol. The molecule has 0 N–H and O–H groups in total. The second-order valence-electron chi connectivity index (χ2n) is 3.82. The zero-order chi connectivity index (χ0) is 15.6. The summed E-state index contributed by atoms with van der Waals surface area (Å²) in [5.74, 6) is -1.24. The Morgan fingerprint density at radius 1 is 1.38 bits per heavy atom. The molecule has 0 bridgehead atoms. The van der Waals surface area contributed by atoms with Crippen LogP contribution in [0.4, 0.5) is 10.1 Å². The van der Waals surface area contributed by atoms with Crippen LogP contribution in [0.3, 0.4) is 0 Å². The fraction of sp³-hybridized carbons (Fsp3) is 0.0833. The fourth-order valence-electron chi connectivity index (χ4n) is 1.51. The lowest BCUT2D eigenvalue weighted by molar-refractivity contribution is -0.386. The molecule has 0 saturated heterocycles. The number of thiophene rings is 1. The van der Waals surface area contributed by atoms with Crippen molar-refractivity contribution in [2.24, 2.45) is 0 Å². The Labute approximate surface area is 139 Å². The van der Waals surface area contributed by atoms with Gasteiger partial charge in [0.15, 0.2) is 12.4 Å². The van der Waals surface area contributed by atoms with Crippen molar-refractivity contribution < 1.29 is 18.8 Å². The van der Waals surface area contributed by atoms with Gasteiger partial charge in [-0.3, -0.25) is 14.9 Å². The van der Waals surface area contributed by atoms with Crippen LogP contribution >= 0.6 is 43.2 Å². The normalized spacial score (nSPS) is 10.4. The molecule has 0 unspecified atom stereocenters. The maximum absolute atomic E-state index is 13.0. The van der Waals surface area contributed by atoms with E-state index in [1.807, 2.05) is 0 Å². The Balaban J connectivity index is 2.15.